The van der Waals surface area contributed by atoms with E-state index in [9.17, 15) is 13.2 Å². The van der Waals surface area contributed by atoms with Gasteiger partial charge in [0.25, 0.3) is 10.0 Å². The first kappa shape index (κ1) is 23.3. The van der Waals surface area contributed by atoms with Crippen molar-refractivity contribution in [3.8, 4) is 5.69 Å². The van der Waals surface area contributed by atoms with Crippen molar-refractivity contribution in [2.45, 2.75) is 25.3 Å². The lowest BCUT2D eigenvalue weighted by atomic mass is 10.1. The van der Waals surface area contributed by atoms with Gasteiger partial charge in [0.2, 0.25) is 5.91 Å². The highest BCUT2D eigenvalue weighted by Gasteiger charge is 2.27. The van der Waals surface area contributed by atoms with E-state index in [1.54, 1.807) is 36.5 Å². The van der Waals surface area contributed by atoms with Gasteiger partial charge in [0.1, 0.15) is 12.4 Å². The van der Waals surface area contributed by atoms with E-state index in [2.05, 4.69) is 10.3 Å². The standard InChI is InChI=1S/C26H26N4O3S/c1-20-12-14-23(15-13-20)30(34(32,33)24-9-4-3-5-10-24)19-26(31)28-18-22-8-6-7-11-25(22)29-17-16-27-21(29)2/h3-17H,18-19H2,1-2H3,(H,28,31). The lowest BCUT2D eigenvalue weighted by molar-refractivity contribution is -0.119. The van der Waals surface area contributed by atoms with Crippen LogP contribution in [0.25, 0.3) is 5.69 Å². The fourth-order valence-corrected chi connectivity index (χ4v) is 5.10. The largest absolute Gasteiger partial charge is 0.350 e. The van der Waals surface area contributed by atoms with Gasteiger partial charge in [-0.1, -0.05) is 54.1 Å². The van der Waals surface area contributed by atoms with Gasteiger partial charge in [0.15, 0.2) is 0 Å². The lowest BCUT2D eigenvalue weighted by Gasteiger charge is -2.24. The Morgan fingerprint density at radius 3 is 2.29 bits per heavy atom. The molecule has 174 valence electrons. The Bertz CT molecular complexity index is 1380. The minimum atomic E-state index is -3.93. The van der Waals surface area contributed by atoms with Gasteiger partial charge in [-0.05, 0) is 49.7 Å². The van der Waals surface area contributed by atoms with E-state index in [1.807, 2.05) is 61.0 Å². The first-order valence-corrected chi connectivity index (χ1v) is 12.3. The van der Waals surface area contributed by atoms with E-state index in [4.69, 9.17) is 0 Å². The molecule has 0 bridgehead atoms. The Balaban J connectivity index is 1.57. The molecule has 1 heterocycles. The molecule has 0 unspecified atom stereocenters. The van der Waals surface area contributed by atoms with Gasteiger partial charge in [-0.2, -0.15) is 0 Å². The van der Waals surface area contributed by atoms with Gasteiger partial charge in [-0.15, -0.1) is 0 Å². The van der Waals surface area contributed by atoms with Crippen LogP contribution in [0.15, 0.2) is 96.2 Å². The molecular formula is C26H26N4O3S. The monoisotopic (exact) mass is 474 g/mol. The van der Waals surface area contributed by atoms with Crippen molar-refractivity contribution in [1.29, 1.82) is 0 Å². The molecule has 0 spiro atoms. The molecule has 0 radical (unpaired) electrons. The first-order valence-electron chi connectivity index (χ1n) is 10.9. The number of carbonyl (C=O) groups excluding carboxylic acids is 1. The zero-order valence-corrected chi connectivity index (χ0v) is 19.9. The number of hydrogen-bond acceptors (Lipinski definition) is 4. The number of para-hydroxylation sites is 1. The number of imidazole rings is 1. The van der Waals surface area contributed by atoms with Gasteiger partial charge < -0.3 is 9.88 Å². The second-order valence-corrected chi connectivity index (χ2v) is 9.77. The molecule has 0 atom stereocenters. The third-order valence-corrected chi connectivity index (χ3v) is 7.28. The summed E-state index contributed by atoms with van der Waals surface area (Å²) in [7, 11) is -3.93. The summed E-state index contributed by atoms with van der Waals surface area (Å²) < 4.78 is 29.9. The third kappa shape index (κ3) is 5.02. The van der Waals surface area contributed by atoms with E-state index in [0.29, 0.717) is 5.69 Å². The number of amides is 1. The molecule has 0 saturated carbocycles. The van der Waals surface area contributed by atoms with E-state index in [0.717, 1.165) is 26.9 Å². The molecule has 0 saturated heterocycles. The molecule has 0 aliphatic heterocycles. The first-order chi connectivity index (χ1) is 16.4. The summed E-state index contributed by atoms with van der Waals surface area (Å²) in [4.78, 5) is 17.4. The average Bonchev–Trinajstić information content (AvgIpc) is 3.28. The van der Waals surface area contributed by atoms with Crippen LogP contribution in [0.2, 0.25) is 0 Å². The zero-order chi connectivity index (χ0) is 24.1. The Kier molecular flexibility index (Phi) is 6.79. The summed E-state index contributed by atoms with van der Waals surface area (Å²) in [6.07, 6.45) is 3.58. The zero-order valence-electron chi connectivity index (χ0n) is 19.0. The normalized spacial score (nSPS) is 11.2. The van der Waals surface area contributed by atoms with Crippen LogP contribution < -0.4 is 9.62 Å². The van der Waals surface area contributed by atoms with Gasteiger partial charge in [-0.25, -0.2) is 13.4 Å². The van der Waals surface area contributed by atoms with Crippen molar-refractivity contribution in [3.63, 3.8) is 0 Å². The molecule has 0 fully saturated rings. The van der Waals surface area contributed by atoms with Gasteiger partial charge in [0, 0.05) is 18.9 Å². The number of hydrogen-bond donors (Lipinski definition) is 1. The minimum absolute atomic E-state index is 0.129. The fraction of sp³-hybridized carbons (Fsp3) is 0.154. The SMILES string of the molecule is Cc1ccc(N(CC(=O)NCc2ccccc2-n2ccnc2C)S(=O)(=O)c2ccccc2)cc1. The second kappa shape index (κ2) is 9.93. The van der Waals surface area contributed by atoms with Crippen molar-refractivity contribution < 1.29 is 13.2 Å². The van der Waals surface area contributed by atoms with Crippen LogP contribution in [0, 0.1) is 13.8 Å². The predicted molar refractivity (Wildman–Crippen MR) is 132 cm³/mol. The lowest BCUT2D eigenvalue weighted by Crippen LogP contribution is -2.40. The average molecular weight is 475 g/mol. The van der Waals surface area contributed by atoms with E-state index in [-0.39, 0.29) is 18.0 Å². The van der Waals surface area contributed by atoms with Gasteiger partial charge in [-0.3, -0.25) is 9.10 Å². The second-order valence-electron chi connectivity index (χ2n) is 7.91. The molecule has 3 aromatic carbocycles. The van der Waals surface area contributed by atoms with Crippen molar-refractivity contribution in [1.82, 2.24) is 14.9 Å². The van der Waals surface area contributed by atoms with Crippen molar-refractivity contribution in [2.24, 2.45) is 0 Å². The molecule has 4 aromatic rings. The molecule has 34 heavy (non-hydrogen) atoms. The van der Waals surface area contributed by atoms with Gasteiger partial charge in [0.05, 0.1) is 16.3 Å². The van der Waals surface area contributed by atoms with Crippen LogP contribution in [0.4, 0.5) is 5.69 Å². The minimum Gasteiger partial charge on any atom is -0.350 e. The number of anilines is 1. The fourth-order valence-electron chi connectivity index (χ4n) is 3.65. The summed E-state index contributed by atoms with van der Waals surface area (Å²) in [5.41, 5.74) is 3.23. The van der Waals surface area contributed by atoms with Crippen LogP contribution in [0.3, 0.4) is 0 Å². The Morgan fingerprint density at radius 1 is 0.941 bits per heavy atom. The van der Waals surface area contributed by atoms with Crippen LogP contribution >= 0.6 is 0 Å². The number of nitrogens with one attached hydrogen (secondary N) is 1. The highest BCUT2D eigenvalue weighted by atomic mass is 32.2. The number of nitrogens with zero attached hydrogens (tertiary/aromatic N) is 3. The van der Waals surface area contributed by atoms with E-state index >= 15 is 0 Å². The molecule has 8 heteroatoms. The summed E-state index contributed by atoms with van der Waals surface area (Å²) in [5, 5.41) is 2.88. The smallest absolute Gasteiger partial charge is 0.264 e. The summed E-state index contributed by atoms with van der Waals surface area (Å²) >= 11 is 0. The maximum Gasteiger partial charge on any atom is 0.264 e. The number of rotatable bonds is 8. The molecule has 7 nitrogen and oxygen atoms in total. The number of carbonyl (C=O) groups is 1. The van der Waals surface area contributed by atoms with Crippen molar-refractivity contribution in [3.05, 3.63) is 108 Å². The number of aromatic nitrogens is 2. The van der Waals surface area contributed by atoms with Crippen LogP contribution in [0.5, 0.6) is 0 Å². The molecule has 0 aliphatic rings. The number of sulfonamides is 1. The molecule has 1 aromatic heterocycles. The Labute approximate surface area is 199 Å². The quantitative estimate of drug-likeness (QED) is 0.418. The molecule has 1 N–H and O–H groups in total. The van der Waals surface area contributed by atoms with Crippen LogP contribution in [-0.4, -0.2) is 30.4 Å². The maximum atomic E-state index is 13.4. The Morgan fingerprint density at radius 2 is 1.62 bits per heavy atom. The number of benzene rings is 3. The molecular weight excluding hydrogens is 448 g/mol. The molecule has 1 amide bonds. The maximum absolute atomic E-state index is 13.4. The topological polar surface area (TPSA) is 84.3 Å². The summed E-state index contributed by atoms with van der Waals surface area (Å²) in [5.74, 6) is 0.426. The highest BCUT2D eigenvalue weighted by molar-refractivity contribution is 7.92. The predicted octanol–water partition coefficient (Wildman–Crippen LogP) is 4.00. The van der Waals surface area contributed by atoms with Gasteiger partial charge >= 0.3 is 0 Å². The third-order valence-electron chi connectivity index (χ3n) is 5.49. The highest BCUT2D eigenvalue weighted by Crippen LogP contribution is 2.24. The van der Waals surface area contributed by atoms with Crippen molar-refractivity contribution >= 4 is 21.6 Å². The number of aryl methyl sites for hydroxylation is 2. The Hall–Kier alpha value is -3.91. The molecule has 0 aliphatic carbocycles. The van der Waals surface area contributed by atoms with E-state index in [1.165, 1.54) is 12.1 Å². The van der Waals surface area contributed by atoms with Crippen molar-refractivity contribution in [2.75, 3.05) is 10.8 Å². The molecule has 4 rings (SSSR count). The van der Waals surface area contributed by atoms with Crippen LogP contribution in [-0.2, 0) is 21.4 Å². The van der Waals surface area contributed by atoms with E-state index < -0.39 is 15.9 Å². The summed E-state index contributed by atoms with van der Waals surface area (Å²) in [6.45, 7) is 3.74. The van der Waals surface area contributed by atoms with Crippen LogP contribution in [0.1, 0.15) is 17.0 Å². The summed E-state index contributed by atoms with van der Waals surface area (Å²) in [6, 6.07) is 22.9.